The van der Waals surface area contributed by atoms with Crippen LogP contribution in [0.5, 0.6) is 0 Å². The van der Waals surface area contributed by atoms with Crippen molar-refractivity contribution in [1.29, 1.82) is 0 Å². The molecule has 0 aliphatic carbocycles. The summed E-state index contributed by atoms with van der Waals surface area (Å²) < 4.78 is 0. The second-order valence-electron chi connectivity index (χ2n) is 7.64. The molecule has 0 saturated heterocycles. The maximum absolute atomic E-state index is 10.8. The van der Waals surface area contributed by atoms with Gasteiger partial charge < -0.3 is 10.2 Å². The van der Waals surface area contributed by atoms with Crippen molar-refractivity contribution in [3.05, 3.63) is 86.7 Å². The first kappa shape index (κ1) is 21.7. The molecule has 2 nitrogen and oxygen atoms in total. The fourth-order valence-electron chi connectivity index (χ4n) is 4.04. The molecule has 2 unspecified atom stereocenters. The van der Waals surface area contributed by atoms with Gasteiger partial charge >= 0.3 is 0 Å². The Morgan fingerprint density at radius 1 is 0.821 bits per heavy atom. The van der Waals surface area contributed by atoms with Gasteiger partial charge in [-0.3, -0.25) is 0 Å². The molecular weight excluding hydrogens is 344 g/mol. The van der Waals surface area contributed by atoms with Crippen molar-refractivity contribution >= 4 is 0 Å². The summed E-state index contributed by atoms with van der Waals surface area (Å²) in [6.45, 7) is 15.8. The molecule has 2 N–H and O–H groups in total. The maximum atomic E-state index is 10.8. The SMILES string of the molecule is C=C=C(C#CCC(O)c1c(C)cc(C)cc1C)C(O)c1c(C)cc(C)cc1C. The second kappa shape index (κ2) is 9.09. The number of rotatable bonds is 4. The van der Waals surface area contributed by atoms with E-state index in [-0.39, 0.29) is 6.42 Å². The third kappa shape index (κ3) is 4.83. The standard InChI is InChI=1S/C26H30O2/c1-8-22(26(28)25-20(6)14-17(3)15-21(25)7)10-9-11-23(27)24-18(4)12-16(2)13-19(24)5/h12-15,23,26-28H,1,11H2,2-7H3. The van der Waals surface area contributed by atoms with Crippen LogP contribution in [0.4, 0.5) is 0 Å². The molecule has 0 aromatic heterocycles. The Kier molecular flexibility index (Phi) is 7.05. The Bertz CT molecular complexity index is 949. The van der Waals surface area contributed by atoms with Gasteiger partial charge in [-0.05, 0) is 74.9 Å². The van der Waals surface area contributed by atoms with E-state index >= 15 is 0 Å². The fraction of sp³-hybridized carbons (Fsp3) is 0.346. The fourth-order valence-corrected chi connectivity index (χ4v) is 4.04. The molecule has 2 rings (SSSR count). The summed E-state index contributed by atoms with van der Waals surface area (Å²) >= 11 is 0. The van der Waals surface area contributed by atoms with Crippen molar-refractivity contribution in [3.63, 3.8) is 0 Å². The van der Waals surface area contributed by atoms with Crippen molar-refractivity contribution < 1.29 is 10.2 Å². The molecule has 2 heteroatoms. The monoisotopic (exact) mass is 374 g/mol. The number of aliphatic hydroxyl groups excluding tert-OH is 2. The van der Waals surface area contributed by atoms with Crippen LogP contribution in [0.15, 0.2) is 42.1 Å². The topological polar surface area (TPSA) is 40.5 Å². The van der Waals surface area contributed by atoms with Gasteiger partial charge in [-0.1, -0.05) is 53.8 Å². The quantitative estimate of drug-likeness (QED) is 0.555. The molecule has 146 valence electrons. The van der Waals surface area contributed by atoms with E-state index in [0.29, 0.717) is 5.57 Å². The number of hydrogen-bond acceptors (Lipinski definition) is 2. The van der Waals surface area contributed by atoms with Gasteiger partial charge in [0, 0.05) is 6.42 Å². The van der Waals surface area contributed by atoms with E-state index in [9.17, 15) is 10.2 Å². The van der Waals surface area contributed by atoms with Gasteiger partial charge in [0.2, 0.25) is 0 Å². The van der Waals surface area contributed by atoms with E-state index in [0.717, 1.165) is 38.9 Å². The zero-order valence-corrected chi connectivity index (χ0v) is 17.8. The van der Waals surface area contributed by atoms with Crippen LogP contribution < -0.4 is 0 Å². The summed E-state index contributed by atoms with van der Waals surface area (Å²) in [6.07, 6.45) is -1.25. The smallest absolute Gasteiger partial charge is 0.120 e. The molecule has 0 aliphatic heterocycles. The number of aryl methyl sites for hydroxylation is 6. The van der Waals surface area contributed by atoms with Crippen molar-refractivity contribution in [3.8, 4) is 11.8 Å². The summed E-state index contributed by atoms with van der Waals surface area (Å²) in [5.74, 6) is 5.98. The lowest BCUT2D eigenvalue weighted by molar-refractivity contribution is 0.182. The minimum absolute atomic E-state index is 0.286. The Hall–Kier alpha value is -2.56. The first-order valence-corrected chi connectivity index (χ1v) is 9.56. The van der Waals surface area contributed by atoms with E-state index in [4.69, 9.17) is 0 Å². The van der Waals surface area contributed by atoms with Gasteiger partial charge in [0.05, 0.1) is 11.7 Å². The highest BCUT2D eigenvalue weighted by Gasteiger charge is 2.17. The molecule has 0 spiro atoms. The molecule has 0 saturated carbocycles. The summed E-state index contributed by atoms with van der Waals surface area (Å²) in [6, 6.07) is 8.24. The first-order valence-electron chi connectivity index (χ1n) is 9.56. The third-order valence-electron chi connectivity index (χ3n) is 5.07. The van der Waals surface area contributed by atoms with E-state index in [2.05, 4.69) is 36.3 Å². The molecule has 0 aliphatic rings. The number of hydrogen-bond donors (Lipinski definition) is 2. The lowest BCUT2D eigenvalue weighted by Crippen LogP contribution is -2.06. The van der Waals surface area contributed by atoms with Crippen molar-refractivity contribution in [2.45, 2.75) is 60.2 Å². The highest BCUT2D eigenvalue weighted by molar-refractivity contribution is 5.46. The average Bonchev–Trinajstić information content (AvgIpc) is 2.56. The molecule has 0 amide bonds. The van der Waals surface area contributed by atoms with Gasteiger partial charge in [0.1, 0.15) is 6.10 Å². The van der Waals surface area contributed by atoms with Crippen LogP contribution in [0.25, 0.3) is 0 Å². The Morgan fingerprint density at radius 3 is 1.68 bits per heavy atom. The van der Waals surface area contributed by atoms with E-state index in [1.165, 1.54) is 5.56 Å². The lowest BCUT2D eigenvalue weighted by atomic mass is 9.92. The van der Waals surface area contributed by atoms with Gasteiger partial charge in [0.25, 0.3) is 0 Å². The number of aliphatic hydroxyl groups is 2. The van der Waals surface area contributed by atoms with Crippen LogP contribution in [0.1, 0.15) is 63.1 Å². The Labute approximate surface area is 169 Å². The zero-order chi connectivity index (χ0) is 21.0. The number of benzene rings is 2. The van der Waals surface area contributed by atoms with Crippen LogP contribution in [0, 0.1) is 53.4 Å². The van der Waals surface area contributed by atoms with Gasteiger partial charge in [-0.2, -0.15) is 0 Å². The van der Waals surface area contributed by atoms with Crippen molar-refractivity contribution in [1.82, 2.24) is 0 Å². The van der Waals surface area contributed by atoms with Crippen LogP contribution in [0.2, 0.25) is 0 Å². The predicted octanol–water partition coefficient (Wildman–Crippen LogP) is 5.41. The first-order chi connectivity index (χ1) is 13.1. The summed E-state index contributed by atoms with van der Waals surface area (Å²) in [5, 5.41) is 21.5. The normalized spacial score (nSPS) is 12.6. The summed E-state index contributed by atoms with van der Waals surface area (Å²) in [4.78, 5) is 0. The summed E-state index contributed by atoms with van der Waals surface area (Å²) in [7, 11) is 0. The Balaban J connectivity index is 2.24. The minimum atomic E-state index is -0.870. The molecule has 28 heavy (non-hydrogen) atoms. The molecular formula is C26H30O2. The maximum Gasteiger partial charge on any atom is 0.120 e. The largest absolute Gasteiger partial charge is 0.387 e. The molecule has 2 atom stereocenters. The molecule has 0 bridgehead atoms. The van der Waals surface area contributed by atoms with Crippen LogP contribution >= 0.6 is 0 Å². The minimum Gasteiger partial charge on any atom is -0.387 e. The molecule has 0 fully saturated rings. The highest BCUT2D eigenvalue weighted by Crippen LogP contribution is 2.29. The van der Waals surface area contributed by atoms with E-state index in [1.807, 2.05) is 53.7 Å². The van der Waals surface area contributed by atoms with Crippen LogP contribution in [-0.2, 0) is 0 Å². The third-order valence-corrected chi connectivity index (χ3v) is 5.07. The molecule has 2 aromatic carbocycles. The second-order valence-corrected chi connectivity index (χ2v) is 7.64. The zero-order valence-electron chi connectivity index (χ0n) is 17.8. The van der Waals surface area contributed by atoms with Crippen LogP contribution in [0.3, 0.4) is 0 Å². The predicted molar refractivity (Wildman–Crippen MR) is 116 cm³/mol. The average molecular weight is 375 g/mol. The van der Waals surface area contributed by atoms with Gasteiger partial charge in [-0.15, -0.1) is 5.73 Å². The van der Waals surface area contributed by atoms with Gasteiger partial charge in [0.15, 0.2) is 0 Å². The highest BCUT2D eigenvalue weighted by atomic mass is 16.3. The molecule has 0 heterocycles. The molecule has 0 radical (unpaired) electrons. The van der Waals surface area contributed by atoms with Crippen molar-refractivity contribution in [2.75, 3.05) is 0 Å². The van der Waals surface area contributed by atoms with Crippen molar-refractivity contribution in [2.24, 2.45) is 0 Å². The summed E-state index contributed by atoms with van der Waals surface area (Å²) in [5.41, 5.74) is 11.5. The van der Waals surface area contributed by atoms with E-state index < -0.39 is 12.2 Å². The van der Waals surface area contributed by atoms with Crippen LogP contribution in [-0.4, -0.2) is 10.2 Å². The lowest BCUT2D eigenvalue weighted by Gasteiger charge is -2.17. The van der Waals surface area contributed by atoms with Gasteiger partial charge in [-0.25, -0.2) is 0 Å². The Morgan fingerprint density at radius 2 is 1.25 bits per heavy atom. The van der Waals surface area contributed by atoms with E-state index in [1.54, 1.807) is 0 Å². The molecule has 2 aromatic rings.